The van der Waals surface area contributed by atoms with Crippen LogP contribution in [0.4, 0.5) is 0 Å². The number of nitrogens with zero attached hydrogens (tertiary/aromatic N) is 1. The zero-order valence-corrected chi connectivity index (χ0v) is 9.90. The number of aromatic nitrogens is 2. The molecule has 0 fully saturated rings. The lowest BCUT2D eigenvalue weighted by atomic mass is 10.2. The molecule has 1 aromatic rings. The predicted molar refractivity (Wildman–Crippen MR) is 67.0 cm³/mol. The molecule has 1 N–H and O–H groups in total. The summed E-state index contributed by atoms with van der Waals surface area (Å²) in [6, 6.07) is 7.31. The predicted octanol–water partition coefficient (Wildman–Crippen LogP) is 2.41. The standard InChI is InChI=1S/C13H12N2O3/c1-2-5-17-9-4-3-8-6-10-12(16)14-15-13(10)18-11(8)7-9/h3-4,6-7H,2,5H2,1H3,(H,14,16). The molecule has 18 heavy (non-hydrogen) atoms. The van der Waals surface area contributed by atoms with Crippen molar-refractivity contribution >= 4 is 11.0 Å². The Morgan fingerprint density at radius 1 is 1.39 bits per heavy atom. The van der Waals surface area contributed by atoms with E-state index in [1.54, 1.807) is 6.07 Å². The minimum Gasteiger partial charge on any atom is -0.493 e. The van der Waals surface area contributed by atoms with E-state index < -0.39 is 0 Å². The van der Waals surface area contributed by atoms with Crippen molar-refractivity contribution in [2.75, 3.05) is 6.61 Å². The van der Waals surface area contributed by atoms with E-state index in [0.717, 1.165) is 17.6 Å². The summed E-state index contributed by atoms with van der Waals surface area (Å²) in [5.41, 5.74) is 0.884. The summed E-state index contributed by atoms with van der Waals surface area (Å²) in [7, 11) is 0. The molecule has 0 saturated carbocycles. The first-order valence-electron chi connectivity index (χ1n) is 5.82. The highest BCUT2D eigenvalue weighted by Gasteiger charge is 2.14. The second kappa shape index (κ2) is 4.18. The van der Waals surface area contributed by atoms with Gasteiger partial charge < -0.3 is 9.15 Å². The molecule has 3 rings (SSSR count). The van der Waals surface area contributed by atoms with E-state index in [9.17, 15) is 4.79 Å². The first-order valence-corrected chi connectivity index (χ1v) is 5.82. The topological polar surface area (TPSA) is 68.1 Å². The molecule has 0 spiro atoms. The fourth-order valence-corrected chi connectivity index (χ4v) is 1.82. The second-order valence-corrected chi connectivity index (χ2v) is 4.07. The molecular weight excluding hydrogens is 232 g/mol. The van der Waals surface area contributed by atoms with Crippen LogP contribution in [0, 0.1) is 0 Å². The Bertz CT molecular complexity index is 714. The molecular formula is C13H12N2O3. The molecule has 2 aliphatic rings. The lowest BCUT2D eigenvalue weighted by Gasteiger charge is -2.06. The van der Waals surface area contributed by atoms with Gasteiger partial charge in [0, 0.05) is 11.5 Å². The summed E-state index contributed by atoms with van der Waals surface area (Å²) in [4.78, 5) is 11.4. The Labute approximate surface area is 103 Å². The number of fused-ring (bicyclic) bond motifs is 2. The number of hydrogen-bond acceptors (Lipinski definition) is 4. The minimum atomic E-state index is -0.234. The van der Waals surface area contributed by atoms with Crippen molar-refractivity contribution in [3.63, 3.8) is 0 Å². The summed E-state index contributed by atoms with van der Waals surface area (Å²) in [6.45, 7) is 2.72. The minimum absolute atomic E-state index is 0.234. The fourth-order valence-electron chi connectivity index (χ4n) is 1.82. The first kappa shape index (κ1) is 10.8. The van der Waals surface area contributed by atoms with Crippen molar-refractivity contribution in [2.24, 2.45) is 0 Å². The Kier molecular flexibility index (Phi) is 2.51. The molecule has 0 aromatic heterocycles. The van der Waals surface area contributed by atoms with Crippen molar-refractivity contribution in [1.82, 2.24) is 10.2 Å². The largest absolute Gasteiger partial charge is 0.493 e. The van der Waals surface area contributed by atoms with Crippen LogP contribution in [0.3, 0.4) is 0 Å². The average Bonchev–Trinajstić information content (AvgIpc) is 2.75. The monoisotopic (exact) mass is 244 g/mol. The van der Waals surface area contributed by atoms with Gasteiger partial charge in [0.1, 0.15) is 16.9 Å². The SMILES string of the molecule is CCCOc1ccc2cc3c(=O)[nH]nc-3oc2c1. The van der Waals surface area contributed by atoms with Crippen LogP contribution in [-0.4, -0.2) is 16.8 Å². The molecule has 0 atom stereocenters. The van der Waals surface area contributed by atoms with Gasteiger partial charge in [-0.2, -0.15) is 0 Å². The van der Waals surface area contributed by atoms with Crippen LogP contribution in [0.15, 0.2) is 33.5 Å². The highest BCUT2D eigenvalue weighted by Crippen LogP contribution is 2.26. The van der Waals surface area contributed by atoms with Crippen LogP contribution in [0.5, 0.6) is 5.75 Å². The number of rotatable bonds is 3. The van der Waals surface area contributed by atoms with Crippen LogP contribution < -0.4 is 10.3 Å². The van der Waals surface area contributed by atoms with Gasteiger partial charge in [0.15, 0.2) is 0 Å². The van der Waals surface area contributed by atoms with Gasteiger partial charge >= 0.3 is 0 Å². The maximum absolute atomic E-state index is 11.4. The summed E-state index contributed by atoms with van der Waals surface area (Å²) >= 11 is 0. The van der Waals surface area contributed by atoms with Crippen molar-refractivity contribution in [1.29, 1.82) is 0 Å². The molecule has 0 radical (unpaired) electrons. The van der Waals surface area contributed by atoms with Gasteiger partial charge in [-0.15, -0.1) is 5.10 Å². The smallest absolute Gasteiger partial charge is 0.277 e. The number of benzene rings is 1. The van der Waals surface area contributed by atoms with Gasteiger partial charge in [-0.3, -0.25) is 4.79 Å². The van der Waals surface area contributed by atoms with E-state index in [1.165, 1.54) is 0 Å². The molecule has 92 valence electrons. The summed E-state index contributed by atoms with van der Waals surface area (Å²) in [6.07, 6.45) is 0.952. The molecule has 0 bridgehead atoms. The lowest BCUT2D eigenvalue weighted by Crippen LogP contribution is -1.99. The number of hydrogen-bond donors (Lipinski definition) is 1. The normalized spacial score (nSPS) is 11.2. The van der Waals surface area contributed by atoms with E-state index in [1.807, 2.05) is 18.2 Å². The van der Waals surface area contributed by atoms with Gasteiger partial charge in [0.2, 0.25) is 5.89 Å². The average molecular weight is 244 g/mol. The van der Waals surface area contributed by atoms with Gasteiger partial charge in [0.05, 0.1) is 6.61 Å². The molecule has 0 aliphatic carbocycles. The maximum Gasteiger partial charge on any atom is 0.277 e. The summed E-state index contributed by atoms with van der Waals surface area (Å²) in [5, 5.41) is 7.04. The zero-order chi connectivity index (χ0) is 12.5. The number of ether oxygens (including phenoxy) is 1. The number of aromatic amines is 1. The summed E-state index contributed by atoms with van der Waals surface area (Å²) in [5.74, 6) is 1.07. The number of nitrogens with one attached hydrogen (secondary N) is 1. The Hall–Kier alpha value is -2.30. The van der Waals surface area contributed by atoms with Gasteiger partial charge in [-0.25, -0.2) is 5.10 Å². The third-order valence-electron chi connectivity index (χ3n) is 2.70. The third-order valence-corrected chi connectivity index (χ3v) is 2.70. The highest BCUT2D eigenvalue weighted by molar-refractivity contribution is 5.82. The summed E-state index contributed by atoms with van der Waals surface area (Å²) < 4.78 is 11.1. The van der Waals surface area contributed by atoms with Crippen LogP contribution >= 0.6 is 0 Å². The quantitative estimate of drug-likeness (QED) is 0.768. The van der Waals surface area contributed by atoms with E-state index >= 15 is 0 Å². The maximum atomic E-state index is 11.4. The molecule has 2 aliphatic heterocycles. The third kappa shape index (κ3) is 1.73. The first-order chi connectivity index (χ1) is 8.78. The fraction of sp³-hybridized carbons (Fsp3) is 0.231. The van der Waals surface area contributed by atoms with Crippen molar-refractivity contribution < 1.29 is 9.15 Å². The zero-order valence-electron chi connectivity index (χ0n) is 9.90. The molecule has 0 saturated heterocycles. The van der Waals surface area contributed by atoms with Crippen molar-refractivity contribution in [3.8, 4) is 17.2 Å². The molecule has 1 aromatic carbocycles. The Morgan fingerprint density at radius 3 is 3.11 bits per heavy atom. The van der Waals surface area contributed by atoms with Gasteiger partial charge in [-0.1, -0.05) is 6.92 Å². The molecule has 2 heterocycles. The number of H-pyrrole nitrogens is 1. The van der Waals surface area contributed by atoms with Crippen LogP contribution in [0.1, 0.15) is 13.3 Å². The molecule has 5 heteroatoms. The van der Waals surface area contributed by atoms with E-state index in [2.05, 4.69) is 17.1 Å². The van der Waals surface area contributed by atoms with Crippen LogP contribution in [0.2, 0.25) is 0 Å². The second-order valence-electron chi connectivity index (χ2n) is 4.07. The van der Waals surface area contributed by atoms with Gasteiger partial charge in [0.25, 0.3) is 5.56 Å². The Balaban J connectivity index is 2.14. The molecule has 0 amide bonds. The van der Waals surface area contributed by atoms with Crippen molar-refractivity contribution in [2.45, 2.75) is 13.3 Å². The van der Waals surface area contributed by atoms with E-state index in [0.29, 0.717) is 23.6 Å². The van der Waals surface area contributed by atoms with E-state index in [4.69, 9.17) is 9.15 Å². The molecule has 0 unspecified atom stereocenters. The molecule has 5 nitrogen and oxygen atoms in total. The van der Waals surface area contributed by atoms with E-state index in [-0.39, 0.29) is 5.56 Å². The van der Waals surface area contributed by atoms with Gasteiger partial charge in [-0.05, 0) is 24.6 Å². The van der Waals surface area contributed by atoms with Crippen molar-refractivity contribution in [3.05, 3.63) is 34.6 Å². The highest BCUT2D eigenvalue weighted by atomic mass is 16.5. The van der Waals surface area contributed by atoms with Crippen LogP contribution in [-0.2, 0) is 0 Å². The lowest BCUT2D eigenvalue weighted by molar-refractivity contribution is 0.317. The van der Waals surface area contributed by atoms with Crippen LogP contribution in [0.25, 0.3) is 22.4 Å². The Morgan fingerprint density at radius 2 is 2.28 bits per heavy atom.